The first-order valence-corrected chi connectivity index (χ1v) is 14.0. The molecule has 5 rings (SSSR count). The molecule has 1 fully saturated rings. The highest BCUT2D eigenvalue weighted by Gasteiger charge is 2.54. The summed E-state index contributed by atoms with van der Waals surface area (Å²) in [7, 11) is 0. The molecule has 0 aromatic heterocycles. The van der Waals surface area contributed by atoms with Gasteiger partial charge in [0, 0.05) is 46.6 Å². The van der Waals surface area contributed by atoms with Gasteiger partial charge in [-0.3, -0.25) is 19.2 Å². The molecule has 2 aliphatic heterocycles. The van der Waals surface area contributed by atoms with E-state index in [1.54, 1.807) is 6.20 Å². The normalized spacial score (nSPS) is 23.3. The molecule has 11 heteroatoms. The van der Waals surface area contributed by atoms with E-state index < -0.39 is 54.5 Å². The summed E-state index contributed by atoms with van der Waals surface area (Å²) < 4.78 is 28.2. The first-order valence-electron chi connectivity index (χ1n) is 14.0. The first-order chi connectivity index (χ1) is 20.6. The van der Waals surface area contributed by atoms with Crippen molar-refractivity contribution in [2.24, 2.45) is 0 Å². The molecule has 5 atom stereocenters. The Balaban J connectivity index is 1.46. The third-order valence-corrected chi connectivity index (χ3v) is 7.35. The molecule has 0 amide bonds. The largest absolute Gasteiger partial charge is 0.463 e. The van der Waals surface area contributed by atoms with Crippen molar-refractivity contribution < 1.29 is 42.9 Å². The molecule has 0 saturated carbocycles. The molecule has 11 nitrogen and oxygen atoms in total. The van der Waals surface area contributed by atoms with Crippen molar-refractivity contribution in [3.63, 3.8) is 0 Å². The van der Waals surface area contributed by atoms with E-state index in [4.69, 9.17) is 23.7 Å². The second-order valence-corrected chi connectivity index (χ2v) is 10.6. The fourth-order valence-corrected chi connectivity index (χ4v) is 5.71. The van der Waals surface area contributed by atoms with E-state index in [1.807, 2.05) is 35.4 Å². The number of rotatable bonds is 8. The number of carbonyl (C=O) groups excluding carboxylic acids is 4. The predicted octanol–water partition coefficient (Wildman–Crippen LogP) is 3.62. The Labute approximate surface area is 248 Å². The molecule has 43 heavy (non-hydrogen) atoms. The van der Waals surface area contributed by atoms with Crippen LogP contribution in [0.4, 0.5) is 0 Å². The highest BCUT2D eigenvalue weighted by Crippen LogP contribution is 2.34. The summed E-state index contributed by atoms with van der Waals surface area (Å²) >= 11 is 0. The van der Waals surface area contributed by atoms with Gasteiger partial charge in [-0.25, -0.2) is 0 Å². The molecule has 1 saturated heterocycles. The molecule has 0 radical (unpaired) electrons. The number of fused-ring (bicyclic) bond motifs is 2. The average molecular weight is 591 g/mol. The Kier molecular flexibility index (Phi) is 8.81. The summed E-state index contributed by atoms with van der Waals surface area (Å²) in [4.78, 5) is 52.0. The van der Waals surface area contributed by atoms with Gasteiger partial charge in [0.25, 0.3) is 0 Å². The van der Waals surface area contributed by atoms with E-state index in [2.05, 4.69) is 35.2 Å². The van der Waals surface area contributed by atoms with Crippen LogP contribution < -0.4 is 0 Å². The Bertz CT molecular complexity index is 1520. The van der Waals surface area contributed by atoms with Gasteiger partial charge < -0.3 is 33.5 Å². The number of hydrogen-bond donors (Lipinski definition) is 0. The van der Waals surface area contributed by atoms with Gasteiger partial charge in [-0.05, 0) is 33.2 Å². The zero-order valence-corrected chi connectivity index (χ0v) is 24.4. The highest BCUT2D eigenvalue weighted by molar-refractivity contribution is 6.02. The summed E-state index contributed by atoms with van der Waals surface area (Å²) in [5.74, 6) is -2.55. The molecular formula is C32H34N2O9. The number of carbonyl (C=O) groups is 4. The SMILES string of the molecule is CC(=O)OC[C@H]1O[C@@H](N2C=CN(Cc3c4ccccc4cc4ccccc34)C2)[C@H](OC(C)=O)[C@@H](OC(C)=O)[C@@H]1OC(C)=O. The molecule has 3 aromatic carbocycles. The minimum atomic E-state index is -1.23. The van der Waals surface area contributed by atoms with Crippen LogP contribution in [0.25, 0.3) is 21.5 Å². The topological polar surface area (TPSA) is 121 Å². The van der Waals surface area contributed by atoms with Gasteiger partial charge in [-0.2, -0.15) is 0 Å². The smallest absolute Gasteiger partial charge is 0.303 e. The Morgan fingerprint density at radius 3 is 1.88 bits per heavy atom. The van der Waals surface area contributed by atoms with Crippen molar-refractivity contribution in [3.8, 4) is 0 Å². The zero-order chi connectivity index (χ0) is 30.7. The lowest BCUT2D eigenvalue weighted by Crippen LogP contribution is -2.65. The molecule has 226 valence electrons. The van der Waals surface area contributed by atoms with Crippen molar-refractivity contribution in [2.75, 3.05) is 13.3 Å². The van der Waals surface area contributed by atoms with Crippen LogP contribution in [0.2, 0.25) is 0 Å². The molecule has 0 bridgehead atoms. The van der Waals surface area contributed by atoms with Gasteiger partial charge in [-0.15, -0.1) is 0 Å². The van der Waals surface area contributed by atoms with Crippen LogP contribution in [0.15, 0.2) is 67.0 Å². The highest BCUT2D eigenvalue weighted by atomic mass is 16.7. The fourth-order valence-electron chi connectivity index (χ4n) is 5.71. The standard InChI is InChI=1S/C32H34N2O9/c1-19(35)39-17-28-29(40-20(2)36)30(41-21(3)37)31(42-22(4)38)32(43-28)34-14-13-33(18-34)16-27-25-11-7-5-9-23(25)15-24-10-6-8-12-26(24)27/h5-15,28-32H,16-18H2,1-4H3/t28-,29-,30+,31-,32-/m1/s1. The Hall–Kier alpha value is -4.64. The summed E-state index contributed by atoms with van der Waals surface area (Å²) in [6, 6.07) is 18.6. The van der Waals surface area contributed by atoms with Crippen LogP contribution in [-0.4, -0.2) is 77.6 Å². The predicted molar refractivity (Wildman–Crippen MR) is 155 cm³/mol. The third kappa shape index (κ3) is 6.72. The lowest BCUT2D eigenvalue weighted by atomic mass is 9.96. The number of benzene rings is 3. The minimum absolute atomic E-state index is 0.280. The summed E-state index contributed by atoms with van der Waals surface area (Å²) in [6.07, 6.45) is -1.87. The van der Waals surface area contributed by atoms with Crippen molar-refractivity contribution in [3.05, 3.63) is 72.6 Å². The van der Waals surface area contributed by atoms with Gasteiger partial charge in [0.2, 0.25) is 0 Å². The van der Waals surface area contributed by atoms with Crippen molar-refractivity contribution in [1.29, 1.82) is 0 Å². The maximum Gasteiger partial charge on any atom is 0.303 e. The fraction of sp³-hybridized carbons (Fsp3) is 0.375. The van der Waals surface area contributed by atoms with Crippen molar-refractivity contribution in [2.45, 2.75) is 64.9 Å². The Morgan fingerprint density at radius 2 is 1.30 bits per heavy atom. The maximum absolute atomic E-state index is 12.2. The van der Waals surface area contributed by atoms with Crippen LogP contribution in [0, 0.1) is 0 Å². The maximum atomic E-state index is 12.2. The lowest BCUT2D eigenvalue weighted by molar-refractivity contribution is -0.274. The van der Waals surface area contributed by atoms with E-state index >= 15 is 0 Å². The van der Waals surface area contributed by atoms with E-state index in [0.29, 0.717) is 13.2 Å². The Morgan fingerprint density at radius 1 is 0.744 bits per heavy atom. The minimum Gasteiger partial charge on any atom is -0.463 e. The van der Waals surface area contributed by atoms with Gasteiger partial charge in [0.1, 0.15) is 12.7 Å². The van der Waals surface area contributed by atoms with E-state index in [1.165, 1.54) is 27.7 Å². The summed E-state index contributed by atoms with van der Waals surface area (Å²) in [5, 5.41) is 4.55. The second-order valence-electron chi connectivity index (χ2n) is 10.6. The second kappa shape index (κ2) is 12.7. The van der Waals surface area contributed by atoms with E-state index in [9.17, 15) is 19.2 Å². The monoisotopic (exact) mass is 590 g/mol. The van der Waals surface area contributed by atoms with Gasteiger partial charge in [0.05, 0.1) is 6.67 Å². The number of hydrogen-bond acceptors (Lipinski definition) is 11. The quantitative estimate of drug-likeness (QED) is 0.217. The number of nitrogens with zero attached hydrogens (tertiary/aromatic N) is 2. The molecule has 0 spiro atoms. The molecule has 0 unspecified atom stereocenters. The lowest BCUT2D eigenvalue weighted by Gasteiger charge is -2.47. The van der Waals surface area contributed by atoms with Crippen molar-refractivity contribution >= 4 is 45.4 Å². The van der Waals surface area contributed by atoms with E-state index in [0.717, 1.165) is 27.1 Å². The van der Waals surface area contributed by atoms with Crippen LogP contribution in [-0.2, 0) is 49.4 Å². The van der Waals surface area contributed by atoms with Gasteiger partial charge >= 0.3 is 23.9 Å². The van der Waals surface area contributed by atoms with Crippen LogP contribution in [0.5, 0.6) is 0 Å². The molecule has 2 aliphatic rings. The first kappa shape index (κ1) is 29.8. The molecule has 2 heterocycles. The molecular weight excluding hydrogens is 556 g/mol. The summed E-state index contributed by atoms with van der Waals surface area (Å²) in [5.41, 5.74) is 1.15. The number of ether oxygens (including phenoxy) is 5. The van der Waals surface area contributed by atoms with Crippen molar-refractivity contribution in [1.82, 2.24) is 9.80 Å². The number of esters is 4. The molecule has 3 aromatic rings. The van der Waals surface area contributed by atoms with Crippen LogP contribution in [0.3, 0.4) is 0 Å². The third-order valence-electron chi connectivity index (χ3n) is 7.35. The average Bonchev–Trinajstić information content (AvgIpc) is 3.41. The molecule has 0 N–H and O–H groups in total. The van der Waals surface area contributed by atoms with Gasteiger partial charge in [0.15, 0.2) is 24.5 Å². The van der Waals surface area contributed by atoms with Crippen LogP contribution >= 0.6 is 0 Å². The van der Waals surface area contributed by atoms with E-state index in [-0.39, 0.29) is 6.61 Å². The summed E-state index contributed by atoms with van der Waals surface area (Å²) in [6.45, 7) is 5.49. The molecule has 0 aliphatic carbocycles. The van der Waals surface area contributed by atoms with Gasteiger partial charge in [-0.1, -0.05) is 48.5 Å². The zero-order valence-electron chi connectivity index (χ0n) is 24.4. The van der Waals surface area contributed by atoms with Crippen LogP contribution in [0.1, 0.15) is 33.3 Å².